The molecule has 130 valence electrons. The number of ether oxygens (including phenoxy) is 1. The van der Waals surface area contributed by atoms with Crippen molar-refractivity contribution < 1.29 is 9.53 Å². The first-order chi connectivity index (χ1) is 11.2. The van der Waals surface area contributed by atoms with Crippen LogP contribution >= 0.6 is 12.4 Å². The molecule has 1 saturated heterocycles. The van der Waals surface area contributed by atoms with Gasteiger partial charge in [0.05, 0.1) is 24.9 Å². The summed E-state index contributed by atoms with van der Waals surface area (Å²) in [5.41, 5.74) is 0.857. The first-order valence-electron chi connectivity index (χ1n) is 7.68. The Kier molecular flexibility index (Phi) is 6.65. The Morgan fingerprint density at radius 2 is 2.25 bits per heavy atom. The number of halogens is 1. The molecule has 2 heterocycles. The number of morpholine rings is 1. The van der Waals surface area contributed by atoms with Crippen molar-refractivity contribution >= 4 is 18.3 Å². The molecule has 3 rings (SSSR count). The minimum atomic E-state index is -0.290. The molecule has 1 fully saturated rings. The van der Waals surface area contributed by atoms with E-state index in [0.717, 1.165) is 12.2 Å². The van der Waals surface area contributed by atoms with Crippen molar-refractivity contribution in [2.24, 2.45) is 0 Å². The van der Waals surface area contributed by atoms with E-state index in [-0.39, 0.29) is 30.4 Å². The van der Waals surface area contributed by atoms with Gasteiger partial charge in [0.15, 0.2) is 5.82 Å². The quantitative estimate of drug-likeness (QED) is 0.820. The van der Waals surface area contributed by atoms with E-state index in [1.807, 2.05) is 37.3 Å². The van der Waals surface area contributed by atoms with E-state index >= 15 is 0 Å². The van der Waals surface area contributed by atoms with E-state index in [1.54, 1.807) is 4.68 Å². The van der Waals surface area contributed by atoms with Gasteiger partial charge in [-0.15, -0.1) is 17.5 Å². The highest BCUT2D eigenvalue weighted by Gasteiger charge is 2.21. The number of para-hydroxylation sites is 1. The summed E-state index contributed by atoms with van der Waals surface area (Å²) in [6.45, 7) is 3.90. The van der Waals surface area contributed by atoms with Crippen molar-refractivity contribution in [3.8, 4) is 5.69 Å². The molecule has 2 atom stereocenters. The molecule has 0 aliphatic carbocycles. The fourth-order valence-corrected chi connectivity index (χ4v) is 2.56. The van der Waals surface area contributed by atoms with Gasteiger partial charge in [0.2, 0.25) is 5.91 Å². The molecule has 0 radical (unpaired) electrons. The standard InChI is InChI=1S/C15H20N6O2.ClH/c1-11(17-14(22)9-12-10-23-8-7-16-12)15-18-19-20-21(15)13-5-3-2-4-6-13;/h2-6,11-12,16H,7-10H2,1H3,(H,17,22);1H. The molecule has 1 aromatic heterocycles. The molecule has 8 nitrogen and oxygen atoms in total. The minimum Gasteiger partial charge on any atom is -0.378 e. The fraction of sp³-hybridized carbons (Fsp3) is 0.467. The molecule has 2 N–H and O–H groups in total. The first kappa shape index (κ1) is 18.3. The highest BCUT2D eigenvalue weighted by molar-refractivity contribution is 5.85. The number of amides is 1. The summed E-state index contributed by atoms with van der Waals surface area (Å²) in [5, 5.41) is 18.0. The van der Waals surface area contributed by atoms with Gasteiger partial charge in [-0.25, -0.2) is 0 Å². The number of rotatable bonds is 5. The number of aromatic nitrogens is 4. The normalized spacial score (nSPS) is 18.5. The van der Waals surface area contributed by atoms with Gasteiger partial charge in [0, 0.05) is 19.0 Å². The lowest BCUT2D eigenvalue weighted by Crippen LogP contribution is -2.44. The number of nitrogens with one attached hydrogen (secondary N) is 2. The largest absolute Gasteiger partial charge is 0.378 e. The third kappa shape index (κ3) is 4.50. The second-order valence-corrected chi connectivity index (χ2v) is 5.50. The van der Waals surface area contributed by atoms with Gasteiger partial charge in [-0.05, 0) is 29.5 Å². The maximum absolute atomic E-state index is 12.2. The van der Waals surface area contributed by atoms with Gasteiger partial charge in [-0.3, -0.25) is 4.79 Å². The maximum Gasteiger partial charge on any atom is 0.222 e. The molecule has 1 aliphatic heterocycles. The second-order valence-electron chi connectivity index (χ2n) is 5.50. The van der Waals surface area contributed by atoms with E-state index in [0.29, 0.717) is 25.5 Å². The molecule has 9 heteroatoms. The van der Waals surface area contributed by atoms with E-state index in [2.05, 4.69) is 26.2 Å². The molecular weight excluding hydrogens is 332 g/mol. The summed E-state index contributed by atoms with van der Waals surface area (Å²) in [5.74, 6) is 0.542. The minimum absolute atomic E-state index is 0. The molecule has 1 aliphatic rings. The molecule has 2 unspecified atom stereocenters. The van der Waals surface area contributed by atoms with Crippen LogP contribution < -0.4 is 10.6 Å². The van der Waals surface area contributed by atoms with Crippen LogP contribution in [0.4, 0.5) is 0 Å². The Morgan fingerprint density at radius 1 is 1.46 bits per heavy atom. The van der Waals surface area contributed by atoms with Gasteiger partial charge in [0.25, 0.3) is 0 Å². The third-order valence-corrected chi connectivity index (χ3v) is 3.69. The monoisotopic (exact) mass is 352 g/mol. The lowest BCUT2D eigenvalue weighted by atomic mass is 10.2. The topological polar surface area (TPSA) is 94.0 Å². The van der Waals surface area contributed by atoms with Gasteiger partial charge in [-0.2, -0.15) is 4.68 Å². The Bertz CT molecular complexity index is 644. The smallest absolute Gasteiger partial charge is 0.222 e. The number of benzene rings is 1. The fourth-order valence-electron chi connectivity index (χ4n) is 2.56. The number of hydrogen-bond acceptors (Lipinski definition) is 6. The predicted octanol–water partition coefficient (Wildman–Crippen LogP) is 0.640. The SMILES string of the molecule is CC(NC(=O)CC1COCCN1)c1nnnn1-c1ccccc1.Cl. The van der Waals surface area contributed by atoms with E-state index < -0.39 is 0 Å². The van der Waals surface area contributed by atoms with Crippen LogP contribution in [0.2, 0.25) is 0 Å². The van der Waals surface area contributed by atoms with Gasteiger partial charge in [-0.1, -0.05) is 18.2 Å². The zero-order valence-electron chi connectivity index (χ0n) is 13.4. The van der Waals surface area contributed by atoms with Crippen molar-refractivity contribution in [1.29, 1.82) is 0 Å². The van der Waals surface area contributed by atoms with Crippen molar-refractivity contribution in [1.82, 2.24) is 30.8 Å². The Hall–Kier alpha value is -2.03. The molecule has 0 saturated carbocycles. The summed E-state index contributed by atoms with van der Waals surface area (Å²) in [6, 6.07) is 9.36. The summed E-state index contributed by atoms with van der Waals surface area (Å²) < 4.78 is 6.99. The van der Waals surface area contributed by atoms with Crippen LogP contribution in [-0.2, 0) is 9.53 Å². The van der Waals surface area contributed by atoms with Crippen LogP contribution in [0.25, 0.3) is 5.69 Å². The van der Waals surface area contributed by atoms with E-state index in [4.69, 9.17) is 4.74 Å². The number of carbonyl (C=O) groups is 1. The zero-order valence-corrected chi connectivity index (χ0v) is 14.2. The van der Waals surface area contributed by atoms with Gasteiger partial charge >= 0.3 is 0 Å². The molecule has 1 amide bonds. The molecule has 1 aromatic carbocycles. The molecule has 2 aromatic rings. The number of tetrazole rings is 1. The lowest BCUT2D eigenvalue weighted by Gasteiger charge is -2.24. The van der Waals surface area contributed by atoms with E-state index in [1.165, 1.54) is 0 Å². The Balaban J connectivity index is 0.00000208. The average molecular weight is 353 g/mol. The predicted molar refractivity (Wildman–Crippen MR) is 90.2 cm³/mol. The summed E-state index contributed by atoms with van der Waals surface area (Å²) in [7, 11) is 0. The highest BCUT2D eigenvalue weighted by atomic mass is 35.5. The first-order valence-corrected chi connectivity index (χ1v) is 7.68. The maximum atomic E-state index is 12.2. The Morgan fingerprint density at radius 3 is 2.96 bits per heavy atom. The average Bonchev–Trinajstić information content (AvgIpc) is 3.06. The third-order valence-electron chi connectivity index (χ3n) is 3.69. The summed E-state index contributed by atoms with van der Waals surface area (Å²) >= 11 is 0. The van der Waals surface area contributed by atoms with Crippen LogP contribution in [0.1, 0.15) is 25.2 Å². The van der Waals surface area contributed by atoms with E-state index in [9.17, 15) is 4.79 Å². The van der Waals surface area contributed by atoms with Crippen LogP contribution in [-0.4, -0.2) is 51.9 Å². The Labute approximate surface area is 146 Å². The van der Waals surface area contributed by atoms with Gasteiger partial charge in [0.1, 0.15) is 0 Å². The second kappa shape index (κ2) is 8.72. The summed E-state index contributed by atoms with van der Waals surface area (Å²) in [6.07, 6.45) is 0.372. The molecule has 0 bridgehead atoms. The number of carbonyl (C=O) groups excluding carboxylic acids is 1. The van der Waals surface area contributed by atoms with Gasteiger partial charge < -0.3 is 15.4 Å². The highest BCUT2D eigenvalue weighted by Crippen LogP contribution is 2.14. The summed E-state index contributed by atoms with van der Waals surface area (Å²) in [4.78, 5) is 12.2. The van der Waals surface area contributed by atoms with Crippen LogP contribution in [0.3, 0.4) is 0 Å². The van der Waals surface area contributed by atoms with Crippen LogP contribution in [0, 0.1) is 0 Å². The number of nitrogens with zero attached hydrogens (tertiary/aromatic N) is 4. The van der Waals surface area contributed by atoms with Crippen molar-refractivity contribution in [2.75, 3.05) is 19.8 Å². The van der Waals surface area contributed by atoms with Crippen molar-refractivity contribution in [3.05, 3.63) is 36.2 Å². The molecular formula is C15H21ClN6O2. The molecule has 0 spiro atoms. The van der Waals surface area contributed by atoms with Crippen molar-refractivity contribution in [3.63, 3.8) is 0 Å². The zero-order chi connectivity index (χ0) is 16.1. The van der Waals surface area contributed by atoms with Crippen LogP contribution in [0.15, 0.2) is 30.3 Å². The van der Waals surface area contributed by atoms with Crippen LogP contribution in [0.5, 0.6) is 0 Å². The number of hydrogen-bond donors (Lipinski definition) is 2. The van der Waals surface area contributed by atoms with Crippen molar-refractivity contribution in [2.45, 2.75) is 25.4 Å². The molecule has 24 heavy (non-hydrogen) atoms. The lowest BCUT2D eigenvalue weighted by molar-refractivity contribution is -0.123.